The SMILES string of the molecule is CC1(C)Cc2cc(Cl)cc(OCCCN3CCC(n4c(=O)[nH]c5ccc(Cl)cc54)CC3)c2O1. The van der Waals surface area contributed by atoms with Crippen LogP contribution < -0.4 is 15.2 Å². The number of nitrogens with one attached hydrogen (secondary N) is 1. The number of aromatic amines is 1. The minimum Gasteiger partial charge on any atom is -0.490 e. The Labute approximate surface area is 203 Å². The van der Waals surface area contributed by atoms with Crippen LogP contribution in [0, 0.1) is 0 Å². The number of benzene rings is 2. The maximum Gasteiger partial charge on any atom is 0.326 e. The third-order valence-electron chi connectivity index (χ3n) is 6.57. The smallest absolute Gasteiger partial charge is 0.326 e. The molecule has 176 valence electrons. The van der Waals surface area contributed by atoms with Crippen molar-refractivity contribution < 1.29 is 9.47 Å². The molecule has 8 heteroatoms. The Kier molecular flexibility index (Phi) is 6.10. The summed E-state index contributed by atoms with van der Waals surface area (Å²) in [5, 5.41) is 1.33. The van der Waals surface area contributed by atoms with Crippen LogP contribution in [0.15, 0.2) is 35.1 Å². The molecule has 3 aromatic rings. The Bertz CT molecular complexity index is 1230. The maximum absolute atomic E-state index is 12.5. The number of halogens is 2. The second-order valence-electron chi connectivity index (χ2n) is 9.67. The number of likely N-dealkylation sites (tertiary alicyclic amines) is 1. The number of ether oxygens (including phenoxy) is 2. The summed E-state index contributed by atoms with van der Waals surface area (Å²) in [7, 11) is 0. The molecule has 33 heavy (non-hydrogen) atoms. The number of nitrogens with zero attached hydrogens (tertiary/aromatic N) is 2. The molecule has 0 bridgehead atoms. The molecule has 0 unspecified atom stereocenters. The lowest BCUT2D eigenvalue weighted by Crippen LogP contribution is -2.37. The zero-order chi connectivity index (χ0) is 23.2. The number of hydrogen-bond acceptors (Lipinski definition) is 4. The second kappa shape index (κ2) is 8.90. The fourth-order valence-corrected chi connectivity index (χ4v) is 5.47. The lowest BCUT2D eigenvalue weighted by Gasteiger charge is -2.32. The van der Waals surface area contributed by atoms with E-state index in [-0.39, 0.29) is 17.3 Å². The van der Waals surface area contributed by atoms with E-state index in [9.17, 15) is 4.79 Å². The van der Waals surface area contributed by atoms with Crippen molar-refractivity contribution in [3.63, 3.8) is 0 Å². The van der Waals surface area contributed by atoms with Gasteiger partial charge in [-0.1, -0.05) is 23.2 Å². The number of piperidine rings is 1. The van der Waals surface area contributed by atoms with Gasteiger partial charge in [-0.2, -0.15) is 0 Å². The average molecular weight is 490 g/mol. The van der Waals surface area contributed by atoms with Gasteiger partial charge >= 0.3 is 5.69 Å². The van der Waals surface area contributed by atoms with E-state index in [0.29, 0.717) is 16.7 Å². The standard InChI is InChI=1S/C25H29Cl2N3O3/c1-25(2)15-16-12-18(27)14-22(23(16)33-25)32-11-3-8-29-9-6-19(7-10-29)30-21-13-17(26)4-5-20(21)28-24(30)31/h4-5,12-14,19H,3,6-11,15H2,1-2H3,(H,28,31). The molecule has 1 fully saturated rings. The number of H-pyrrole nitrogens is 1. The molecule has 6 nitrogen and oxygen atoms in total. The quantitative estimate of drug-likeness (QED) is 0.467. The van der Waals surface area contributed by atoms with Gasteiger partial charge < -0.3 is 19.4 Å². The first-order valence-corrected chi connectivity index (χ1v) is 12.3. The minimum absolute atomic E-state index is 0.0569. The predicted octanol–water partition coefficient (Wildman–Crippen LogP) is 5.46. The van der Waals surface area contributed by atoms with Crippen molar-refractivity contribution in [3.05, 3.63) is 56.4 Å². The van der Waals surface area contributed by atoms with E-state index in [1.165, 1.54) is 0 Å². The summed E-state index contributed by atoms with van der Waals surface area (Å²) in [6.45, 7) is 7.62. The van der Waals surface area contributed by atoms with Gasteiger partial charge in [0.05, 0.1) is 17.6 Å². The summed E-state index contributed by atoms with van der Waals surface area (Å²) >= 11 is 12.5. The van der Waals surface area contributed by atoms with Crippen LogP contribution >= 0.6 is 23.2 Å². The van der Waals surface area contributed by atoms with E-state index in [1.54, 1.807) is 6.07 Å². The number of rotatable bonds is 6. The lowest BCUT2D eigenvalue weighted by atomic mass is 10.0. The van der Waals surface area contributed by atoms with Crippen LogP contribution in [0.1, 0.15) is 44.7 Å². The van der Waals surface area contributed by atoms with Crippen molar-refractivity contribution >= 4 is 34.2 Å². The molecule has 2 aliphatic rings. The highest BCUT2D eigenvalue weighted by atomic mass is 35.5. The molecule has 1 N–H and O–H groups in total. The van der Waals surface area contributed by atoms with Crippen LogP contribution in [0.2, 0.25) is 10.0 Å². The van der Waals surface area contributed by atoms with E-state index in [2.05, 4.69) is 23.7 Å². The first-order valence-electron chi connectivity index (χ1n) is 11.6. The molecule has 5 rings (SSSR count). The Hall–Kier alpha value is -2.15. The third kappa shape index (κ3) is 4.75. The van der Waals surface area contributed by atoms with Gasteiger partial charge in [-0.3, -0.25) is 4.57 Å². The van der Waals surface area contributed by atoms with E-state index in [0.717, 1.165) is 73.4 Å². The molecule has 0 saturated carbocycles. The Morgan fingerprint density at radius 3 is 2.73 bits per heavy atom. The molecular formula is C25H29Cl2N3O3. The Balaban J connectivity index is 1.14. The fraction of sp³-hybridized carbons (Fsp3) is 0.480. The van der Waals surface area contributed by atoms with Crippen molar-refractivity contribution in [2.45, 2.75) is 51.2 Å². The molecule has 0 amide bonds. The summed E-state index contributed by atoms with van der Waals surface area (Å²) in [4.78, 5) is 17.9. The van der Waals surface area contributed by atoms with Gasteiger partial charge in [0.2, 0.25) is 0 Å². The zero-order valence-electron chi connectivity index (χ0n) is 19.0. The highest BCUT2D eigenvalue weighted by molar-refractivity contribution is 6.31. The van der Waals surface area contributed by atoms with Crippen molar-refractivity contribution in [3.8, 4) is 11.5 Å². The van der Waals surface area contributed by atoms with Crippen LogP contribution in [0.4, 0.5) is 0 Å². The van der Waals surface area contributed by atoms with Gasteiger partial charge in [0.1, 0.15) is 5.60 Å². The van der Waals surface area contributed by atoms with Gasteiger partial charge in [0.25, 0.3) is 0 Å². The molecule has 1 aromatic heterocycles. The largest absolute Gasteiger partial charge is 0.490 e. The van der Waals surface area contributed by atoms with E-state index in [4.69, 9.17) is 32.7 Å². The van der Waals surface area contributed by atoms with Crippen LogP contribution in [0.25, 0.3) is 11.0 Å². The first kappa shape index (κ1) is 22.6. The summed E-state index contributed by atoms with van der Waals surface area (Å²) in [6, 6.07) is 9.54. The normalized spacial score (nSPS) is 18.4. The predicted molar refractivity (Wildman–Crippen MR) is 132 cm³/mol. The van der Waals surface area contributed by atoms with Crippen LogP contribution in [0.3, 0.4) is 0 Å². The van der Waals surface area contributed by atoms with Crippen molar-refractivity contribution in [1.29, 1.82) is 0 Å². The van der Waals surface area contributed by atoms with E-state index in [1.807, 2.05) is 28.8 Å². The molecule has 0 radical (unpaired) electrons. The summed E-state index contributed by atoms with van der Waals surface area (Å²) < 4.78 is 14.0. The Morgan fingerprint density at radius 1 is 1.15 bits per heavy atom. The van der Waals surface area contributed by atoms with Gasteiger partial charge in [0.15, 0.2) is 11.5 Å². The molecule has 0 spiro atoms. The van der Waals surface area contributed by atoms with Crippen LogP contribution in [0.5, 0.6) is 11.5 Å². The fourth-order valence-electron chi connectivity index (χ4n) is 5.08. The third-order valence-corrected chi connectivity index (χ3v) is 7.02. The molecule has 0 atom stereocenters. The van der Waals surface area contributed by atoms with Crippen molar-refractivity contribution in [2.75, 3.05) is 26.2 Å². The number of hydrogen-bond donors (Lipinski definition) is 1. The molecule has 3 heterocycles. The van der Waals surface area contributed by atoms with E-state index < -0.39 is 0 Å². The minimum atomic E-state index is -0.229. The number of imidazole rings is 1. The van der Waals surface area contributed by atoms with Crippen molar-refractivity contribution in [1.82, 2.24) is 14.5 Å². The lowest BCUT2D eigenvalue weighted by molar-refractivity contribution is 0.130. The molecule has 0 aliphatic carbocycles. The van der Waals surface area contributed by atoms with Gasteiger partial charge in [-0.15, -0.1) is 0 Å². The number of aromatic nitrogens is 2. The topological polar surface area (TPSA) is 59.5 Å². The van der Waals surface area contributed by atoms with Crippen LogP contribution in [-0.4, -0.2) is 46.3 Å². The number of fused-ring (bicyclic) bond motifs is 2. The van der Waals surface area contributed by atoms with Gasteiger partial charge in [-0.25, -0.2) is 4.79 Å². The molecule has 2 aliphatic heterocycles. The summed E-state index contributed by atoms with van der Waals surface area (Å²) in [5.41, 5.74) is 2.55. The average Bonchev–Trinajstić information content (AvgIpc) is 3.25. The summed E-state index contributed by atoms with van der Waals surface area (Å²) in [5.74, 6) is 1.56. The second-order valence-corrected chi connectivity index (χ2v) is 10.5. The first-order chi connectivity index (χ1) is 15.8. The van der Waals surface area contributed by atoms with Crippen LogP contribution in [-0.2, 0) is 6.42 Å². The molecule has 2 aromatic carbocycles. The van der Waals surface area contributed by atoms with Crippen molar-refractivity contribution in [2.24, 2.45) is 0 Å². The van der Waals surface area contributed by atoms with Gasteiger partial charge in [-0.05, 0) is 57.4 Å². The monoisotopic (exact) mass is 489 g/mol. The maximum atomic E-state index is 12.5. The molecular weight excluding hydrogens is 461 g/mol. The highest BCUT2D eigenvalue weighted by Crippen LogP contribution is 2.43. The highest BCUT2D eigenvalue weighted by Gasteiger charge is 2.33. The van der Waals surface area contributed by atoms with Gasteiger partial charge in [0, 0.05) is 53.8 Å². The summed E-state index contributed by atoms with van der Waals surface area (Å²) in [6.07, 6.45) is 3.62. The Morgan fingerprint density at radius 2 is 1.94 bits per heavy atom. The zero-order valence-corrected chi connectivity index (χ0v) is 20.5. The van der Waals surface area contributed by atoms with E-state index >= 15 is 0 Å². The molecule has 1 saturated heterocycles.